The second-order valence-corrected chi connectivity index (χ2v) is 12.3. The average Bonchev–Trinajstić information content (AvgIpc) is 3.56. The number of hydrogen-bond acceptors (Lipinski definition) is 4. The average molecular weight is 627 g/mol. The molecular weight excluding hydrogens is 592 g/mol. The lowest BCUT2D eigenvalue weighted by Crippen LogP contribution is -2.27. The summed E-state index contributed by atoms with van der Waals surface area (Å²) < 4.78 is 55.8. The van der Waals surface area contributed by atoms with Crippen molar-refractivity contribution in [1.29, 1.82) is 0 Å². The monoisotopic (exact) mass is 626 g/mol. The number of benzene rings is 2. The molecule has 0 amide bonds. The molecule has 4 aromatic heterocycles. The van der Waals surface area contributed by atoms with Gasteiger partial charge in [0.15, 0.2) is 0 Å². The third-order valence-electron chi connectivity index (χ3n) is 9.14. The van der Waals surface area contributed by atoms with E-state index >= 15 is 0 Å². The maximum atomic E-state index is 13.8. The molecule has 0 saturated heterocycles. The first-order valence-electron chi connectivity index (χ1n) is 15.3. The van der Waals surface area contributed by atoms with Crippen LogP contribution in [-0.2, 0) is 25.9 Å². The normalized spacial score (nSPS) is 15.2. The summed E-state index contributed by atoms with van der Waals surface area (Å²) >= 11 is 0. The predicted molar refractivity (Wildman–Crippen MR) is 173 cm³/mol. The van der Waals surface area contributed by atoms with Crippen LogP contribution < -0.4 is 0 Å². The van der Waals surface area contributed by atoms with Crippen molar-refractivity contribution in [1.82, 2.24) is 29.3 Å². The summed E-state index contributed by atoms with van der Waals surface area (Å²) in [5.74, 6) is -0.706. The molecule has 0 atom stereocenters. The molecule has 0 bridgehead atoms. The number of aryl methyl sites for hydroxylation is 1. The van der Waals surface area contributed by atoms with Gasteiger partial charge in [-0.05, 0) is 80.4 Å². The summed E-state index contributed by atoms with van der Waals surface area (Å²) in [7, 11) is 4.07. The smallest absolute Gasteiger partial charge is 0.319 e. The van der Waals surface area contributed by atoms with Crippen LogP contribution in [0.15, 0.2) is 67.1 Å². The van der Waals surface area contributed by atoms with E-state index in [1.165, 1.54) is 35.0 Å². The van der Waals surface area contributed by atoms with Gasteiger partial charge in [-0.2, -0.15) is 8.78 Å². The van der Waals surface area contributed by atoms with Crippen LogP contribution in [0.2, 0.25) is 0 Å². The summed E-state index contributed by atoms with van der Waals surface area (Å²) in [6, 6.07) is 14.6. The molecule has 6 aromatic rings. The summed E-state index contributed by atoms with van der Waals surface area (Å²) in [5.41, 5.74) is 9.39. The highest BCUT2D eigenvalue weighted by molar-refractivity contribution is 5.90. The SMILES string of the molecule is CN1CCc2c([nH]c3cc(-c4cncc(F)c4)ccc23)C1.Cc1ncc(-c2ccc3c4c(n(C(F)F)c3c2)CN(C)CC4)cc1F. The van der Waals surface area contributed by atoms with Crippen LogP contribution in [0.3, 0.4) is 0 Å². The van der Waals surface area contributed by atoms with Crippen molar-refractivity contribution in [2.45, 2.75) is 39.4 Å². The molecular formula is C36H34F4N6. The lowest BCUT2D eigenvalue weighted by atomic mass is 10.0. The number of pyridine rings is 2. The maximum absolute atomic E-state index is 13.8. The van der Waals surface area contributed by atoms with E-state index in [4.69, 9.17) is 0 Å². The summed E-state index contributed by atoms with van der Waals surface area (Å²) in [6.45, 7) is 2.39. The molecule has 6 nitrogen and oxygen atoms in total. The number of nitrogens with one attached hydrogen (secondary N) is 1. The van der Waals surface area contributed by atoms with Gasteiger partial charge in [-0.15, -0.1) is 0 Å². The largest absolute Gasteiger partial charge is 0.357 e. The fraction of sp³-hybridized carbons (Fsp3) is 0.278. The minimum absolute atomic E-state index is 0.306. The van der Waals surface area contributed by atoms with Crippen molar-refractivity contribution in [2.75, 3.05) is 27.2 Å². The van der Waals surface area contributed by atoms with E-state index in [-0.39, 0.29) is 5.82 Å². The van der Waals surface area contributed by atoms with Crippen molar-refractivity contribution in [3.63, 3.8) is 0 Å². The Morgan fingerprint density at radius 2 is 1.46 bits per heavy atom. The van der Waals surface area contributed by atoms with Gasteiger partial charge in [0.1, 0.15) is 11.6 Å². The van der Waals surface area contributed by atoms with Crippen molar-refractivity contribution in [3.8, 4) is 22.3 Å². The number of fused-ring (bicyclic) bond motifs is 6. The van der Waals surface area contributed by atoms with Crippen molar-refractivity contribution in [3.05, 3.63) is 107 Å². The topological polar surface area (TPSA) is 53.0 Å². The van der Waals surface area contributed by atoms with E-state index in [0.717, 1.165) is 64.6 Å². The molecule has 0 spiro atoms. The third kappa shape index (κ3) is 5.56. The second-order valence-electron chi connectivity index (χ2n) is 12.3. The van der Waals surface area contributed by atoms with E-state index < -0.39 is 12.4 Å². The fourth-order valence-corrected chi connectivity index (χ4v) is 6.72. The van der Waals surface area contributed by atoms with E-state index in [1.807, 2.05) is 30.1 Å². The standard InChI is InChI=1S/C19H18F3N3.C17H16FN3/c1-11-16(20)7-13(9-23-11)12-3-4-14-15-5-6-24(2)10-18(15)25(19(21)22)17(14)8-12;1-21-5-4-15-14-3-2-11(7-16(14)20-17(15)10-21)12-6-13(18)9-19-8-12/h3-4,7-9,19H,5-6,10H2,1-2H3;2-3,6-9,20H,4-5,10H2,1H3. The molecule has 0 aliphatic carbocycles. The molecule has 10 heteroatoms. The molecule has 0 saturated carbocycles. The third-order valence-corrected chi connectivity index (χ3v) is 9.14. The minimum Gasteiger partial charge on any atom is -0.357 e. The number of halogens is 4. The van der Waals surface area contributed by atoms with Gasteiger partial charge in [-0.3, -0.25) is 14.5 Å². The number of aromatic amines is 1. The Morgan fingerprint density at radius 1 is 0.761 bits per heavy atom. The quantitative estimate of drug-likeness (QED) is 0.203. The Kier molecular flexibility index (Phi) is 7.86. The van der Waals surface area contributed by atoms with Crippen molar-refractivity contribution >= 4 is 21.8 Å². The predicted octanol–water partition coefficient (Wildman–Crippen LogP) is 7.89. The Labute approximate surface area is 264 Å². The molecule has 2 aromatic carbocycles. The Bertz CT molecular complexity index is 2080. The molecule has 0 unspecified atom stereocenters. The van der Waals surface area contributed by atoms with Crippen LogP contribution in [0.4, 0.5) is 17.6 Å². The van der Waals surface area contributed by atoms with Crippen LogP contribution in [0, 0.1) is 18.6 Å². The number of H-pyrrole nitrogens is 1. The van der Waals surface area contributed by atoms with Gasteiger partial charge in [-0.25, -0.2) is 8.78 Å². The Hall–Kier alpha value is -4.54. The summed E-state index contributed by atoms with van der Waals surface area (Å²) in [5, 5.41) is 2.14. The fourth-order valence-electron chi connectivity index (χ4n) is 6.72. The van der Waals surface area contributed by atoms with Crippen LogP contribution >= 0.6 is 0 Å². The van der Waals surface area contributed by atoms with Crippen LogP contribution in [-0.4, -0.2) is 56.5 Å². The van der Waals surface area contributed by atoms with E-state index in [9.17, 15) is 17.6 Å². The van der Waals surface area contributed by atoms with Gasteiger partial charge in [0, 0.05) is 77.4 Å². The van der Waals surface area contributed by atoms with Crippen LogP contribution in [0.1, 0.15) is 34.8 Å². The van der Waals surface area contributed by atoms with E-state index in [2.05, 4.69) is 39.0 Å². The molecule has 2 aliphatic heterocycles. The maximum Gasteiger partial charge on any atom is 0.319 e. The second kappa shape index (κ2) is 12.0. The lowest BCUT2D eigenvalue weighted by Gasteiger charge is -2.24. The molecule has 8 rings (SSSR count). The first-order valence-corrected chi connectivity index (χ1v) is 15.3. The first kappa shape index (κ1) is 30.1. The highest BCUT2D eigenvalue weighted by Crippen LogP contribution is 2.36. The Morgan fingerprint density at radius 3 is 2.20 bits per heavy atom. The number of nitrogens with zero attached hydrogens (tertiary/aromatic N) is 5. The molecule has 6 heterocycles. The summed E-state index contributed by atoms with van der Waals surface area (Å²) in [6.07, 6.45) is 6.32. The van der Waals surface area contributed by atoms with Crippen LogP contribution in [0.5, 0.6) is 0 Å². The highest BCUT2D eigenvalue weighted by atomic mass is 19.3. The van der Waals surface area contributed by atoms with Crippen molar-refractivity contribution < 1.29 is 17.6 Å². The zero-order valence-corrected chi connectivity index (χ0v) is 25.9. The van der Waals surface area contributed by atoms with Crippen molar-refractivity contribution in [2.24, 2.45) is 0 Å². The van der Waals surface area contributed by atoms with Gasteiger partial charge in [-0.1, -0.05) is 24.3 Å². The number of aromatic nitrogens is 4. The molecule has 0 radical (unpaired) electrons. The number of alkyl halides is 2. The van der Waals surface area contributed by atoms with Gasteiger partial charge >= 0.3 is 6.55 Å². The zero-order chi connectivity index (χ0) is 32.1. The van der Waals surface area contributed by atoms with Gasteiger partial charge in [0.2, 0.25) is 0 Å². The zero-order valence-electron chi connectivity index (χ0n) is 25.9. The van der Waals surface area contributed by atoms with E-state index in [1.54, 1.807) is 25.4 Å². The number of hydrogen-bond donors (Lipinski definition) is 1. The summed E-state index contributed by atoms with van der Waals surface area (Å²) in [4.78, 5) is 15.8. The molecule has 46 heavy (non-hydrogen) atoms. The number of rotatable bonds is 3. The molecule has 0 fully saturated rings. The van der Waals surface area contributed by atoms with Gasteiger partial charge in [0.05, 0.1) is 17.4 Å². The first-order chi connectivity index (χ1) is 22.2. The Balaban J connectivity index is 0.000000149. The molecule has 2 aliphatic rings. The van der Waals surface area contributed by atoms with E-state index in [0.29, 0.717) is 34.6 Å². The minimum atomic E-state index is -2.61. The highest BCUT2D eigenvalue weighted by Gasteiger charge is 2.26. The van der Waals surface area contributed by atoms with Crippen LogP contribution in [0.25, 0.3) is 44.1 Å². The number of likely N-dealkylation sites (N-methyl/N-ethyl adjacent to an activating group) is 2. The van der Waals surface area contributed by atoms with Gasteiger partial charge < -0.3 is 14.8 Å². The lowest BCUT2D eigenvalue weighted by molar-refractivity contribution is 0.0691. The molecule has 1 N–H and O–H groups in total. The molecule has 236 valence electrons. The van der Waals surface area contributed by atoms with Gasteiger partial charge in [0.25, 0.3) is 0 Å².